The fourth-order valence-corrected chi connectivity index (χ4v) is 11.2. The topological polar surface area (TPSA) is 190 Å². The highest BCUT2D eigenvalue weighted by Gasteiger charge is 2.31. The van der Waals surface area contributed by atoms with E-state index >= 15 is 0 Å². The van der Waals surface area contributed by atoms with E-state index in [4.69, 9.17) is 0 Å². The van der Waals surface area contributed by atoms with E-state index in [1.807, 2.05) is 60.7 Å². The number of aromatic hydroxyl groups is 2. The molecule has 0 radical (unpaired) electrons. The first-order valence-corrected chi connectivity index (χ1v) is 28.5. The van der Waals surface area contributed by atoms with Crippen LogP contribution < -0.4 is 10.6 Å². The Morgan fingerprint density at radius 2 is 1.05 bits per heavy atom. The first kappa shape index (κ1) is 62.1. The summed E-state index contributed by atoms with van der Waals surface area (Å²) in [6, 6.07) is 24.2. The molecule has 0 bridgehead atoms. The number of hydrogen-bond acceptors (Lipinski definition) is 9. The van der Waals surface area contributed by atoms with Crippen LogP contribution >= 0.6 is 0 Å². The molecule has 13 heteroatoms. The highest BCUT2D eigenvalue weighted by Crippen LogP contribution is 2.32. The van der Waals surface area contributed by atoms with Crippen LogP contribution in [0.15, 0.2) is 97.1 Å². The monoisotopic (exact) mass is 1060 g/mol. The van der Waals surface area contributed by atoms with E-state index in [-0.39, 0.29) is 53.3 Å². The number of benzene rings is 4. The van der Waals surface area contributed by atoms with Gasteiger partial charge in [-0.25, -0.2) is 8.78 Å². The number of amides is 2. The predicted octanol–water partition coefficient (Wildman–Crippen LogP) is 12.5. The van der Waals surface area contributed by atoms with Gasteiger partial charge in [0, 0.05) is 43.7 Å². The van der Waals surface area contributed by atoms with Crippen LogP contribution in [-0.4, -0.2) is 73.9 Å². The number of halogens is 2. The maximum absolute atomic E-state index is 13.5. The largest absolute Gasteiger partial charge is 0.507 e. The van der Waals surface area contributed by atoms with Crippen molar-refractivity contribution in [3.8, 4) is 11.5 Å². The van der Waals surface area contributed by atoms with E-state index < -0.39 is 59.2 Å². The lowest BCUT2D eigenvalue weighted by Gasteiger charge is -2.29. The van der Waals surface area contributed by atoms with E-state index in [1.165, 1.54) is 57.6 Å². The molecule has 6 rings (SSSR count). The number of carbonyl (C=O) groups excluding carboxylic acids is 5. The Balaban J connectivity index is 0.000000285. The van der Waals surface area contributed by atoms with E-state index in [0.717, 1.165) is 99.1 Å². The second kappa shape index (κ2) is 32.8. The summed E-state index contributed by atoms with van der Waals surface area (Å²) in [6.45, 7) is 5.79. The van der Waals surface area contributed by atoms with Crippen molar-refractivity contribution in [3.05, 3.63) is 131 Å². The standard InChI is InChI=1S/C33H44FNO5.C31H42FNO4/c1-23(36)15-17-28(37)19-26(14-8-13-24-9-4-2-5-10-24)21-32(39)30(20-25-11-6-3-7-12-25)35-33(40)29-18-16-27(34)22-31(29)38;1-21(2)13-14-23(18-28(34)24-11-7-4-8-12-24)19-30(36)27(17-22-9-5-3-6-10-22)33-31(37)26-16-15-25(32)20-29(26)35/h3,6-7,11-12,16,18,22,24,26,30,32,38-39H,2,4-5,8-10,13-15,17,19-21H2,1H3,(H,35,40);3,5-6,9-10,15-16,20-21,23-24,27,30,35-36H,4,7-8,11-14,17-19H2,1-2H3,(H,33,37)/t26-,30+,32+;23-,27+,30+/m11/s1. The van der Waals surface area contributed by atoms with Gasteiger partial charge in [-0.1, -0.05) is 145 Å². The predicted molar refractivity (Wildman–Crippen MR) is 297 cm³/mol. The fourth-order valence-electron chi connectivity index (χ4n) is 11.2. The van der Waals surface area contributed by atoms with E-state index in [2.05, 4.69) is 24.5 Å². The van der Waals surface area contributed by atoms with Crippen molar-refractivity contribution in [1.82, 2.24) is 10.6 Å². The third kappa shape index (κ3) is 22.6. The van der Waals surface area contributed by atoms with Gasteiger partial charge in [0.1, 0.15) is 40.5 Å². The summed E-state index contributed by atoms with van der Waals surface area (Å²) >= 11 is 0. The molecule has 0 unspecified atom stereocenters. The molecule has 2 aliphatic rings. The van der Waals surface area contributed by atoms with E-state index in [1.54, 1.807) is 0 Å². The van der Waals surface area contributed by atoms with Gasteiger partial charge < -0.3 is 35.9 Å². The second-order valence-electron chi connectivity index (χ2n) is 22.6. The normalized spacial score (nSPS) is 16.5. The molecule has 11 nitrogen and oxygen atoms in total. The lowest BCUT2D eigenvalue weighted by molar-refractivity contribution is -0.125. The number of nitrogens with one attached hydrogen (secondary N) is 2. The number of Topliss-reactive ketones (excluding diaryl/α,β-unsaturated/α-hetero) is 3. The molecule has 6 atom stereocenters. The number of aliphatic hydroxyl groups is 2. The number of hydrogen-bond donors (Lipinski definition) is 6. The molecule has 2 amide bonds. The SMILES string of the molecule is CC(=O)CCC(=O)C[C@@H](CCCC1CCCCC1)C[C@H](O)[C@H](Cc1ccccc1)NC(=O)c1ccc(F)cc1O.CC(C)CC[C@H](CC(=O)C1CCCCC1)C[C@H](O)[C@H](Cc1ccccc1)NC(=O)c1ccc(F)cc1O. The Morgan fingerprint density at radius 1 is 0.584 bits per heavy atom. The van der Waals surface area contributed by atoms with Crippen molar-refractivity contribution >= 4 is 29.2 Å². The molecule has 0 heterocycles. The Bertz CT molecular complexity index is 2440. The van der Waals surface area contributed by atoms with Gasteiger partial charge in [0.25, 0.3) is 11.8 Å². The van der Waals surface area contributed by atoms with Crippen LogP contribution in [0.2, 0.25) is 0 Å². The van der Waals surface area contributed by atoms with Gasteiger partial charge in [-0.15, -0.1) is 0 Å². The van der Waals surface area contributed by atoms with Crippen molar-refractivity contribution in [2.45, 2.75) is 193 Å². The molecule has 2 aliphatic carbocycles. The van der Waals surface area contributed by atoms with Crippen LogP contribution in [0.3, 0.4) is 0 Å². The zero-order chi connectivity index (χ0) is 55.7. The molecule has 0 aromatic heterocycles. The zero-order valence-electron chi connectivity index (χ0n) is 45.8. The fraction of sp³-hybridized carbons (Fsp3) is 0.547. The maximum atomic E-state index is 13.5. The first-order valence-electron chi connectivity index (χ1n) is 28.5. The molecule has 4 aromatic carbocycles. The lowest BCUT2D eigenvalue weighted by Crippen LogP contribution is -2.45. The minimum Gasteiger partial charge on any atom is -0.507 e. The molecule has 2 saturated carbocycles. The Hall–Kier alpha value is -5.79. The summed E-state index contributed by atoms with van der Waals surface area (Å²) in [6.07, 6.45) is 17.2. The average molecular weight is 1070 g/mol. The smallest absolute Gasteiger partial charge is 0.255 e. The maximum Gasteiger partial charge on any atom is 0.255 e. The van der Waals surface area contributed by atoms with Crippen molar-refractivity contribution in [2.24, 2.45) is 29.6 Å². The highest BCUT2D eigenvalue weighted by molar-refractivity contribution is 5.97. The Labute approximate surface area is 456 Å². The van der Waals surface area contributed by atoms with Gasteiger partial charge in [-0.05, 0) is 117 Å². The first-order chi connectivity index (χ1) is 36.9. The zero-order valence-corrected chi connectivity index (χ0v) is 45.8. The molecule has 0 spiro atoms. The molecule has 0 aliphatic heterocycles. The molecule has 0 saturated heterocycles. The third-order valence-electron chi connectivity index (χ3n) is 15.6. The number of phenols is 2. The molecule has 6 N–H and O–H groups in total. The van der Waals surface area contributed by atoms with E-state index in [9.17, 15) is 53.2 Å². The van der Waals surface area contributed by atoms with Crippen molar-refractivity contribution < 1.29 is 53.2 Å². The minimum atomic E-state index is -0.952. The van der Waals surface area contributed by atoms with Crippen LogP contribution in [0.1, 0.15) is 187 Å². The second-order valence-corrected chi connectivity index (χ2v) is 22.6. The average Bonchev–Trinajstić information content (AvgIpc) is 3.40. The van der Waals surface area contributed by atoms with E-state index in [0.29, 0.717) is 50.2 Å². The van der Waals surface area contributed by atoms with Gasteiger partial charge in [0.15, 0.2) is 0 Å². The van der Waals surface area contributed by atoms with Gasteiger partial charge >= 0.3 is 0 Å². The summed E-state index contributed by atoms with van der Waals surface area (Å²) in [5, 5.41) is 48.7. The number of ketones is 3. The van der Waals surface area contributed by atoms with Gasteiger partial charge in [-0.2, -0.15) is 0 Å². The minimum absolute atomic E-state index is 0.0167. The summed E-state index contributed by atoms with van der Waals surface area (Å²) in [4.78, 5) is 63.3. The van der Waals surface area contributed by atoms with Crippen LogP contribution in [0.5, 0.6) is 11.5 Å². The highest BCUT2D eigenvalue weighted by atomic mass is 19.1. The van der Waals surface area contributed by atoms with Gasteiger partial charge in [-0.3, -0.25) is 19.2 Å². The van der Waals surface area contributed by atoms with Crippen LogP contribution in [-0.2, 0) is 27.2 Å². The Kier molecular flexibility index (Phi) is 26.5. The summed E-state index contributed by atoms with van der Waals surface area (Å²) in [5.74, 6) is -1.78. The molecular weight excluding hydrogens is 979 g/mol. The van der Waals surface area contributed by atoms with Gasteiger partial charge in [0.2, 0.25) is 0 Å². The molecule has 420 valence electrons. The summed E-state index contributed by atoms with van der Waals surface area (Å²) in [7, 11) is 0. The molecular formula is C64H86F2N2O9. The van der Waals surface area contributed by atoms with Crippen LogP contribution in [0.4, 0.5) is 8.78 Å². The number of aliphatic hydroxyl groups excluding tert-OH is 2. The van der Waals surface area contributed by atoms with Gasteiger partial charge in [0.05, 0.1) is 35.4 Å². The summed E-state index contributed by atoms with van der Waals surface area (Å²) in [5.41, 5.74) is 1.75. The number of rotatable bonds is 29. The van der Waals surface area contributed by atoms with Crippen LogP contribution in [0, 0.1) is 41.2 Å². The van der Waals surface area contributed by atoms with Crippen molar-refractivity contribution in [3.63, 3.8) is 0 Å². The molecule has 2 fully saturated rings. The number of carbonyl (C=O) groups is 5. The lowest BCUT2D eigenvalue weighted by atomic mass is 9.80. The number of phenolic OH excluding ortho intramolecular Hbond substituents is 2. The Morgan fingerprint density at radius 3 is 1.51 bits per heavy atom. The molecule has 4 aromatic rings. The van der Waals surface area contributed by atoms with Crippen molar-refractivity contribution in [1.29, 1.82) is 0 Å². The quantitative estimate of drug-likeness (QED) is 0.0307. The van der Waals surface area contributed by atoms with Crippen molar-refractivity contribution in [2.75, 3.05) is 0 Å². The summed E-state index contributed by atoms with van der Waals surface area (Å²) < 4.78 is 26.9. The van der Waals surface area contributed by atoms with Crippen LogP contribution in [0.25, 0.3) is 0 Å². The molecule has 77 heavy (non-hydrogen) atoms. The third-order valence-corrected chi connectivity index (χ3v) is 15.6.